The Hall–Kier alpha value is -2.71. The van der Waals surface area contributed by atoms with E-state index in [1.54, 1.807) is 11.3 Å². The summed E-state index contributed by atoms with van der Waals surface area (Å²) in [5.74, 6) is -0.293. The summed E-state index contributed by atoms with van der Waals surface area (Å²) >= 11 is 1.65. The second-order valence-electron chi connectivity index (χ2n) is 4.93. The van der Waals surface area contributed by atoms with Crippen molar-refractivity contribution >= 4 is 33.1 Å². The fourth-order valence-electron chi connectivity index (χ4n) is 2.12. The Kier molecular flexibility index (Phi) is 3.86. The van der Waals surface area contributed by atoms with Crippen LogP contribution in [0.1, 0.15) is 5.56 Å². The van der Waals surface area contributed by atoms with E-state index in [2.05, 4.69) is 34.2 Å². The molecule has 0 aliphatic rings. The summed E-state index contributed by atoms with van der Waals surface area (Å²) < 4.78 is 1.17. The lowest BCUT2D eigenvalue weighted by molar-refractivity contribution is -0.114. The van der Waals surface area contributed by atoms with Gasteiger partial charge in [-0.25, -0.2) is 11.6 Å². The lowest BCUT2D eigenvalue weighted by Gasteiger charge is -2.02. The fraction of sp³-hybridized carbons (Fsp3) is 0.118. The second-order valence-corrected chi connectivity index (χ2v) is 5.96. The number of benzene rings is 2. The van der Waals surface area contributed by atoms with Crippen molar-refractivity contribution in [2.45, 2.75) is 6.92 Å². The highest BCUT2D eigenvalue weighted by atomic mass is 32.1. The largest absolute Gasteiger partial charge is 0.320 e. The summed E-state index contributed by atoms with van der Waals surface area (Å²) in [6.45, 7) is 8.59. The van der Waals surface area contributed by atoms with Gasteiger partial charge in [0, 0.05) is 11.3 Å². The van der Waals surface area contributed by atoms with E-state index in [4.69, 9.17) is 6.57 Å². The molecule has 1 aromatic heterocycles. The molecule has 0 saturated heterocycles. The van der Waals surface area contributed by atoms with E-state index in [0.717, 1.165) is 16.1 Å². The van der Waals surface area contributed by atoms with Gasteiger partial charge in [-0.3, -0.25) is 4.79 Å². The Morgan fingerprint density at radius 3 is 2.77 bits per heavy atom. The van der Waals surface area contributed by atoms with Crippen molar-refractivity contribution in [1.29, 1.82) is 0 Å². The number of nitrogens with one attached hydrogen (secondary N) is 1. The van der Waals surface area contributed by atoms with Gasteiger partial charge in [-0.1, -0.05) is 6.07 Å². The van der Waals surface area contributed by atoms with Crippen LogP contribution in [0, 0.1) is 13.5 Å². The number of carbonyl (C=O) groups is 1. The molecule has 2 aromatic carbocycles. The van der Waals surface area contributed by atoms with E-state index >= 15 is 0 Å². The monoisotopic (exact) mass is 307 g/mol. The zero-order chi connectivity index (χ0) is 15.5. The number of thiazole rings is 1. The maximum Gasteiger partial charge on any atom is 0.304 e. The third-order valence-corrected chi connectivity index (χ3v) is 4.25. The lowest BCUT2D eigenvalue weighted by Crippen LogP contribution is -2.13. The summed E-state index contributed by atoms with van der Waals surface area (Å²) in [4.78, 5) is 19.1. The zero-order valence-corrected chi connectivity index (χ0v) is 12.8. The molecule has 3 rings (SSSR count). The molecule has 0 saturated carbocycles. The van der Waals surface area contributed by atoms with Gasteiger partial charge in [0.2, 0.25) is 0 Å². The smallest absolute Gasteiger partial charge is 0.304 e. The van der Waals surface area contributed by atoms with E-state index < -0.39 is 0 Å². The standard InChI is InChI=1S/C17H13N3OS/c1-11-3-8-14-15(9-11)22-17(20-14)12-4-6-13(7-5-12)19-16(21)10-18-2/h3-9H,10H2,1H3,(H,19,21). The minimum atomic E-state index is -0.293. The van der Waals surface area contributed by atoms with Crippen molar-refractivity contribution in [3.8, 4) is 10.6 Å². The van der Waals surface area contributed by atoms with Crippen LogP contribution in [-0.4, -0.2) is 17.4 Å². The molecule has 0 aliphatic heterocycles. The molecule has 22 heavy (non-hydrogen) atoms. The predicted molar refractivity (Wildman–Crippen MR) is 89.9 cm³/mol. The van der Waals surface area contributed by atoms with E-state index in [9.17, 15) is 4.79 Å². The molecule has 0 radical (unpaired) electrons. The van der Waals surface area contributed by atoms with Gasteiger partial charge >= 0.3 is 5.91 Å². The number of anilines is 1. The van der Waals surface area contributed by atoms with Crippen LogP contribution in [0.3, 0.4) is 0 Å². The molecule has 5 heteroatoms. The van der Waals surface area contributed by atoms with Gasteiger partial charge in [0.05, 0.1) is 10.2 Å². The Morgan fingerprint density at radius 1 is 1.27 bits per heavy atom. The molecule has 1 amide bonds. The van der Waals surface area contributed by atoms with Crippen LogP contribution in [-0.2, 0) is 4.79 Å². The van der Waals surface area contributed by atoms with Crippen LogP contribution in [0.4, 0.5) is 5.69 Å². The first-order chi connectivity index (χ1) is 10.7. The number of hydrogen-bond donors (Lipinski definition) is 1. The highest BCUT2D eigenvalue weighted by Crippen LogP contribution is 2.31. The van der Waals surface area contributed by atoms with E-state index in [-0.39, 0.29) is 12.5 Å². The molecule has 0 spiro atoms. The number of amides is 1. The quantitative estimate of drug-likeness (QED) is 0.740. The number of fused-ring (bicyclic) bond motifs is 1. The molecule has 0 bridgehead atoms. The SMILES string of the molecule is [C-]#[N+]CC(=O)Nc1ccc(-c2nc3ccc(C)cc3s2)cc1. The normalized spacial score (nSPS) is 10.4. The highest BCUT2D eigenvalue weighted by Gasteiger charge is 2.08. The molecule has 0 unspecified atom stereocenters. The van der Waals surface area contributed by atoms with Gasteiger partial charge in [-0.2, -0.15) is 0 Å². The molecule has 0 fully saturated rings. The van der Waals surface area contributed by atoms with E-state index in [0.29, 0.717) is 5.69 Å². The maximum atomic E-state index is 11.4. The molecular formula is C17H13N3OS. The van der Waals surface area contributed by atoms with Crippen molar-refractivity contribution in [2.75, 3.05) is 11.9 Å². The summed E-state index contributed by atoms with van der Waals surface area (Å²) in [5.41, 5.74) is 3.93. The molecule has 4 nitrogen and oxygen atoms in total. The first-order valence-electron chi connectivity index (χ1n) is 6.76. The summed E-state index contributed by atoms with van der Waals surface area (Å²) in [6.07, 6.45) is 0. The topological polar surface area (TPSA) is 46.4 Å². The number of carbonyl (C=O) groups excluding carboxylic acids is 1. The predicted octanol–water partition coefficient (Wildman–Crippen LogP) is 4.13. The Balaban J connectivity index is 1.85. The number of rotatable bonds is 3. The van der Waals surface area contributed by atoms with Gasteiger partial charge in [-0.05, 0) is 48.9 Å². The Labute approximate surface area is 132 Å². The molecule has 3 aromatic rings. The molecule has 1 heterocycles. The first-order valence-corrected chi connectivity index (χ1v) is 7.58. The minimum absolute atomic E-state index is 0.154. The van der Waals surface area contributed by atoms with Crippen molar-refractivity contribution < 1.29 is 4.79 Å². The lowest BCUT2D eigenvalue weighted by atomic mass is 10.2. The zero-order valence-electron chi connectivity index (χ0n) is 12.0. The van der Waals surface area contributed by atoms with Gasteiger partial charge in [-0.15, -0.1) is 11.3 Å². The molecule has 1 N–H and O–H groups in total. The average Bonchev–Trinajstić information content (AvgIpc) is 2.91. The Morgan fingerprint density at radius 2 is 2.05 bits per heavy atom. The fourth-order valence-corrected chi connectivity index (χ4v) is 3.19. The van der Waals surface area contributed by atoms with Crippen molar-refractivity contribution in [3.63, 3.8) is 0 Å². The number of hydrogen-bond acceptors (Lipinski definition) is 3. The van der Waals surface area contributed by atoms with Gasteiger partial charge in [0.1, 0.15) is 5.01 Å². The van der Waals surface area contributed by atoms with Crippen LogP contribution in [0.2, 0.25) is 0 Å². The van der Waals surface area contributed by atoms with Crippen LogP contribution in [0.25, 0.3) is 25.6 Å². The number of aryl methyl sites for hydroxylation is 1. The maximum absolute atomic E-state index is 11.4. The van der Waals surface area contributed by atoms with Crippen LogP contribution in [0.5, 0.6) is 0 Å². The van der Waals surface area contributed by atoms with Gasteiger partial charge in [0.15, 0.2) is 0 Å². The summed E-state index contributed by atoms with van der Waals surface area (Å²) in [6, 6.07) is 13.7. The Bertz CT molecular complexity index is 875. The van der Waals surface area contributed by atoms with Crippen LogP contribution >= 0.6 is 11.3 Å². The summed E-state index contributed by atoms with van der Waals surface area (Å²) in [5, 5.41) is 3.64. The van der Waals surface area contributed by atoms with Crippen molar-refractivity contribution in [2.24, 2.45) is 0 Å². The van der Waals surface area contributed by atoms with Crippen LogP contribution < -0.4 is 5.32 Å². The molecular weight excluding hydrogens is 294 g/mol. The molecule has 0 atom stereocenters. The van der Waals surface area contributed by atoms with Gasteiger partial charge < -0.3 is 10.2 Å². The molecule has 108 valence electrons. The first kappa shape index (κ1) is 14.2. The third-order valence-electron chi connectivity index (χ3n) is 3.18. The van der Waals surface area contributed by atoms with Crippen LogP contribution in [0.15, 0.2) is 42.5 Å². The van der Waals surface area contributed by atoms with Crippen molar-refractivity contribution in [3.05, 3.63) is 59.4 Å². The third kappa shape index (κ3) is 2.97. The van der Waals surface area contributed by atoms with Crippen molar-refractivity contribution in [1.82, 2.24) is 4.98 Å². The number of aromatic nitrogens is 1. The molecule has 0 aliphatic carbocycles. The second kappa shape index (κ2) is 5.96. The summed E-state index contributed by atoms with van der Waals surface area (Å²) in [7, 11) is 0. The van der Waals surface area contributed by atoms with E-state index in [1.165, 1.54) is 10.3 Å². The van der Waals surface area contributed by atoms with Gasteiger partial charge in [0.25, 0.3) is 6.54 Å². The highest BCUT2D eigenvalue weighted by molar-refractivity contribution is 7.21. The minimum Gasteiger partial charge on any atom is -0.320 e. The van der Waals surface area contributed by atoms with E-state index in [1.807, 2.05) is 30.3 Å². The average molecular weight is 307 g/mol. The number of nitrogens with zero attached hydrogens (tertiary/aromatic N) is 2.